The number of aryl methyl sites for hydroxylation is 2. The van der Waals surface area contributed by atoms with Gasteiger partial charge in [-0.3, -0.25) is 4.99 Å². The highest BCUT2D eigenvalue weighted by Crippen LogP contribution is 2.24. The summed E-state index contributed by atoms with van der Waals surface area (Å²) in [5.41, 5.74) is 10.5. The molecule has 0 bridgehead atoms. The summed E-state index contributed by atoms with van der Waals surface area (Å²) in [4.78, 5) is 4.33. The van der Waals surface area contributed by atoms with Gasteiger partial charge >= 0.3 is 0 Å². The van der Waals surface area contributed by atoms with Crippen LogP contribution in [0.5, 0.6) is 0 Å². The summed E-state index contributed by atoms with van der Waals surface area (Å²) in [6.45, 7) is 6.01. The fraction of sp³-hybridized carbons (Fsp3) is 0.462. The Morgan fingerprint density at radius 1 is 1.29 bits per heavy atom. The Hall–Kier alpha value is -1.71. The summed E-state index contributed by atoms with van der Waals surface area (Å²) in [5.74, 6) is 0.860. The van der Waals surface area contributed by atoms with E-state index in [-0.39, 0.29) is 0 Å². The molecule has 4 heteroatoms. The number of benzene rings is 1. The second-order valence-electron chi connectivity index (χ2n) is 4.20. The van der Waals surface area contributed by atoms with Crippen molar-refractivity contribution in [1.82, 2.24) is 5.32 Å². The Kier molecular flexibility index (Phi) is 3.52. The van der Waals surface area contributed by atoms with Crippen LogP contribution in [-0.4, -0.2) is 19.0 Å². The zero-order valence-corrected chi connectivity index (χ0v) is 10.5. The molecule has 92 valence electrons. The SMILES string of the molecule is CCc1cc(NC2=NCCN2)cc(CC)c1N. The summed E-state index contributed by atoms with van der Waals surface area (Å²) >= 11 is 0. The van der Waals surface area contributed by atoms with Gasteiger partial charge in [0.1, 0.15) is 0 Å². The summed E-state index contributed by atoms with van der Waals surface area (Å²) in [6.07, 6.45) is 1.91. The van der Waals surface area contributed by atoms with E-state index in [2.05, 4.69) is 41.6 Å². The molecule has 0 aliphatic carbocycles. The van der Waals surface area contributed by atoms with Crippen molar-refractivity contribution in [1.29, 1.82) is 0 Å². The number of aliphatic imine (C=N–C) groups is 1. The maximum Gasteiger partial charge on any atom is 0.195 e. The molecule has 0 amide bonds. The topological polar surface area (TPSA) is 62.4 Å². The molecule has 0 aromatic heterocycles. The fourth-order valence-electron chi connectivity index (χ4n) is 2.05. The normalized spacial score (nSPS) is 14.4. The largest absolute Gasteiger partial charge is 0.398 e. The highest BCUT2D eigenvalue weighted by Gasteiger charge is 2.09. The Morgan fingerprint density at radius 2 is 1.94 bits per heavy atom. The standard InChI is InChI=1S/C13H20N4/c1-3-9-7-11(8-10(4-2)12(9)14)17-13-15-5-6-16-13/h7-8H,3-6,14H2,1-2H3,(H2,15,16,17). The molecule has 2 rings (SSSR count). The third kappa shape index (κ3) is 2.52. The number of rotatable bonds is 3. The molecule has 4 nitrogen and oxygen atoms in total. The lowest BCUT2D eigenvalue weighted by Crippen LogP contribution is -2.26. The maximum atomic E-state index is 6.11. The Morgan fingerprint density at radius 3 is 2.41 bits per heavy atom. The van der Waals surface area contributed by atoms with Crippen molar-refractivity contribution in [3.63, 3.8) is 0 Å². The van der Waals surface area contributed by atoms with Crippen molar-refractivity contribution in [3.8, 4) is 0 Å². The number of guanidine groups is 1. The van der Waals surface area contributed by atoms with E-state index in [1.807, 2.05) is 0 Å². The lowest BCUT2D eigenvalue weighted by molar-refractivity contribution is 0.959. The van der Waals surface area contributed by atoms with Gasteiger partial charge in [-0.15, -0.1) is 0 Å². The number of nitrogens with zero attached hydrogens (tertiary/aromatic N) is 1. The lowest BCUT2D eigenvalue weighted by Gasteiger charge is -2.13. The van der Waals surface area contributed by atoms with Crippen LogP contribution in [0, 0.1) is 0 Å². The minimum Gasteiger partial charge on any atom is -0.398 e. The summed E-state index contributed by atoms with van der Waals surface area (Å²) in [7, 11) is 0. The van der Waals surface area contributed by atoms with Gasteiger partial charge in [0.25, 0.3) is 0 Å². The number of nitrogen functional groups attached to an aromatic ring is 1. The van der Waals surface area contributed by atoms with Gasteiger partial charge in [0, 0.05) is 17.9 Å². The first-order chi connectivity index (χ1) is 8.24. The lowest BCUT2D eigenvalue weighted by atomic mass is 10.0. The molecule has 0 atom stereocenters. The van der Waals surface area contributed by atoms with Crippen molar-refractivity contribution in [2.45, 2.75) is 26.7 Å². The third-order valence-electron chi connectivity index (χ3n) is 3.05. The van der Waals surface area contributed by atoms with Gasteiger partial charge in [-0.05, 0) is 36.1 Å². The van der Waals surface area contributed by atoms with Crippen LogP contribution in [0.15, 0.2) is 17.1 Å². The van der Waals surface area contributed by atoms with Gasteiger partial charge in [-0.2, -0.15) is 0 Å². The van der Waals surface area contributed by atoms with Crippen LogP contribution in [-0.2, 0) is 12.8 Å². The number of nitrogens with one attached hydrogen (secondary N) is 2. The minimum atomic E-state index is 0.846. The third-order valence-corrected chi connectivity index (χ3v) is 3.05. The minimum absolute atomic E-state index is 0.846. The molecular formula is C13H20N4. The molecule has 1 heterocycles. The van der Waals surface area contributed by atoms with Crippen molar-refractivity contribution < 1.29 is 0 Å². The summed E-state index contributed by atoms with van der Waals surface area (Å²) in [5, 5.41) is 6.50. The van der Waals surface area contributed by atoms with Crippen LogP contribution in [0.2, 0.25) is 0 Å². The first kappa shape index (κ1) is 11.8. The Labute approximate surface area is 102 Å². The summed E-state index contributed by atoms with van der Waals surface area (Å²) in [6, 6.07) is 4.22. The van der Waals surface area contributed by atoms with Crippen molar-refractivity contribution in [2.75, 3.05) is 24.1 Å². The van der Waals surface area contributed by atoms with Gasteiger partial charge in [-0.25, -0.2) is 0 Å². The second kappa shape index (κ2) is 5.08. The molecule has 0 radical (unpaired) electrons. The number of nitrogens with two attached hydrogens (primary N) is 1. The number of hydrogen-bond acceptors (Lipinski definition) is 4. The zero-order chi connectivity index (χ0) is 12.3. The molecule has 0 spiro atoms. The quantitative estimate of drug-likeness (QED) is 0.696. The molecule has 17 heavy (non-hydrogen) atoms. The van der Waals surface area contributed by atoms with Crippen molar-refractivity contribution in [3.05, 3.63) is 23.3 Å². The maximum absolute atomic E-state index is 6.11. The van der Waals surface area contributed by atoms with E-state index in [1.54, 1.807) is 0 Å². The molecule has 0 unspecified atom stereocenters. The van der Waals surface area contributed by atoms with E-state index in [0.29, 0.717) is 0 Å². The summed E-state index contributed by atoms with van der Waals surface area (Å²) < 4.78 is 0. The van der Waals surface area contributed by atoms with Gasteiger partial charge < -0.3 is 16.4 Å². The van der Waals surface area contributed by atoms with Crippen LogP contribution in [0.25, 0.3) is 0 Å². The molecule has 1 aromatic rings. The predicted octanol–water partition coefficient (Wildman–Crippen LogP) is 1.76. The number of hydrogen-bond donors (Lipinski definition) is 3. The van der Waals surface area contributed by atoms with Crippen molar-refractivity contribution in [2.24, 2.45) is 4.99 Å². The molecular weight excluding hydrogens is 212 g/mol. The van der Waals surface area contributed by atoms with E-state index >= 15 is 0 Å². The molecule has 1 aromatic carbocycles. The van der Waals surface area contributed by atoms with E-state index in [1.165, 1.54) is 11.1 Å². The second-order valence-corrected chi connectivity index (χ2v) is 4.20. The van der Waals surface area contributed by atoms with Crippen LogP contribution < -0.4 is 16.4 Å². The van der Waals surface area contributed by atoms with Gasteiger partial charge in [0.05, 0.1) is 6.54 Å². The van der Waals surface area contributed by atoms with Gasteiger partial charge in [0.15, 0.2) is 5.96 Å². The smallest absolute Gasteiger partial charge is 0.195 e. The molecule has 0 fully saturated rings. The zero-order valence-electron chi connectivity index (χ0n) is 10.5. The van der Waals surface area contributed by atoms with Crippen LogP contribution in [0.3, 0.4) is 0 Å². The molecule has 4 N–H and O–H groups in total. The van der Waals surface area contributed by atoms with Crippen LogP contribution in [0.1, 0.15) is 25.0 Å². The molecule has 0 saturated carbocycles. The van der Waals surface area contributed by atoms with Crippen LogP contribution in [0.4, 0.5) is 11.4 Å². The average molecular weight is 232 g/mol. The van der Waals surface area contributed by atoms with E-state index in [9.17, 15) is 0 Å². The van der Waals surface area contributed by atoms with Crippen molar-refractivity contribution >= 4 is 17.3 Å². The van der Waals surface area contributed by atoms with E-state index in [0.717, 1.165) is 43.3 Å². The average Bonchev–Trinajstić information content (AvgIpc) is 2.84. The van der Waals surface area contributed by atoms with Crippen LogP contribution >= 0.6 is 0 Å². The molecule has 1 aliphatic heterocycles. The van der Waals surface area contributed by atoms with Gasteiger partial charge in [-0.1, -0.05) is 13.8 Å². The molecule has 1 aliphatic rings. The predicted molar refractivity (Wildman–Crippen MR) is 73.5 cm³/mol. The monoisotopic (exact) mass is 232 g/mol. The highest BCUT2D eigenvalue weighted by atomic mass is 15.2. The fourth-order valence-corrected chi connectivity index (χ4v) is 2.05. The Bertz CT molecular complexity index is 412. The Balaban J connectivity index is 2.27. The highest BCUT2D eigenvalue weighted by molar-refractivity contribution is 5.95. The van der Waals surface area contributed by atoms with E-state index in [4.69, 9.17) is 5.73 Å². The first-order valence-corrected chi connectivity index (χ1v) is 6.21. The van der Waals surface area contributed by atoms with Gasteiger partial charge in [0.2, 0.25) is 0 Å². The number of anilines is 2. The molecule has 0 saturated heterocycles. The first-order valence-electron chi connectivity index (χ1n) is 6.21. The van der Waals surface area contributed by atoms with E-state index < -0.39 is 0 Å².